The molecule has 2 unspecified atom stereocenters. The number of rotatable bonds is 6. The summed E-state index contributed by atoms with van der Waals surface area (Å²) in [7, 11) is 1.53. The average molecular weight is 385 g/mol. The van der Waals surface area contributed by atoms with Crippen molar-refractivity contribution in [2.75, 3.05) is 13.6 Å². The van der Waals surface area contributed by atoms with Gasteiger partial charge in [0.1, 0.15) is 5.92 Å². The van der Waals surface area contributed by atoms with Gasteiger partial charge in [-0.15, -0.1) is 0 Å². The first-order chi connectivity index (χ1) is 11.7. The number of amides is 2. The normalized spacial score (nSPS) is 18.8. The summed E-state index contributed by atoms with van der Waals surface area (Å²) in [6.07, 6.45) is 1.42. The molecule has 25 heavy (non-hydrogen) atoms. The fourth-order valence-electron chi connectivity index (χ4n) is 2.85. The second kappa shape index (κ2) is 8.19. The summed E-state index contributed by atoms with van der Waals surface area (Å²) in [6.45, 7) is 4.15. The summed E-state index contributed by atoms with van der Waals surface area (Å²) in [5.74, 6) is -2.33. The van der Waals surface area contributed by atoms with E-state index in [2.05, 4.69) is 5.32 Å². The monoisotopic (exact) mass is 384 g/mol. The number of benzene rings is 1. The molecule has 1 fully saturated rings. The zero-order valence-electron chi connectivity index (χ0n) is 14.5. The summed E-state index contributed by atoms with van der Waals surface area (Å²) >= 11 is 11.9. The van der Waals surface area contributed by atoms with Gasteiger partial charge >= 0.3 is 0 Å². The second-order valence-corrected chi connectivity index (χ2v) is 7.56. The molecule has 0 saturated carbocycles. The Morgan fingerprint density at radius 1 is 1.28 bits per heavy atom. The smallest absolute Gasteiger partial charge is 0.290 e. The quantitative estimate of drug-likeness (QED) is 0.605. The maximum Gasteiger partial charge on any atom is 0.290 e. The van der Waals surface area contributed by atoms with E-state index in [-0.39, 0.29) is 24.4 Å². The number of aryl methyl sites for hydroxylation is 1. The highest BCUT2D eigenvalue weighted by Crippen LogP contribution is 2.24. The first-order valence-electron chi connectivity index (χ1n) is 8.24. The van der Waals surface area contributed by atoms with E-state index in [4.69, 9.17) is 23.2 Å². The van der Waals surface area contributed by atoms with Crippen molar-refractivity contribution < 1.29 is 14.4 Å². The Balaban J connectivity index is 1.98. The molecule has 136 valence electrons. The number of halogens is 2. The topological polar surface area (TPSA) is 66.5 Å². The molecule has 2 amide bonds. The predicted molar refractivity (Wildman–Crippen MR) is 97.7 cm³/mol. The van der Waals surface area contributed by atoms with Gasteiger partial charge in [-0.25, -0.2) is 0 Å². The van der Waals surface area contributed by atoms with Gasteiger partial charge in [0, 0.05) is 19.6 Å². The van der Waals surface area contributed by atoms with Gasteiger partial charge in [0.2, 0.25) is 11.7 Å². The van der Waals surface area contributed by atoms with Crippen LogP contribution in [0.3, 0.4) is 0 Å². The molecule has 2 rings (SSSR count). The van der Waals surface area contributed by atoms with E-state index in [1.165, 1.54) is 11.9 Å². The van der Waals surface area contributed by atoms with Crippen LogP contribution < -0.4 is 5.32 Å². The minimum absolute atomic E-state index is 0.101. The van der Waals surface area contributed by atoms with E-state index in [9.17, 15) is 14.4 Å². The van der Waals surface area contributed by atoms with Gasteiger partial charge < -0.3 is 10.2 Å². The Bertz CT molecular complexity index is 691. The first kappa shape index (κ1) is 19.7. The number of nitrogens with zero attached hydrogens (tertiary/aromatic N) is 1. The molecule has 1 aromatic carbocycles. The van der Waals surface area contributed by atoms with Crippen molar-refractivity contribution in [3.8, 4) is 0 Å². The highest BCUT2D eigenvalue weighted by atomic mass is 35.5. The number of carbonyl (C=O) groups is 3. The van der Waals surface area contributed by atoms with Crippen LogP contribution in [-0.4, -0.2) is 42.1 Å². The SMILES string of the molecule is CC(C)C(CCc1ccc(Cl)c(Cl)c1)NC(=O)C1CN(C)C(=O)C1=O. The zero-order valence-corrected chi connectivity index (χ0v) is 16.0. The highest BCUT2D eigenvalue weighted by molar-refractivity contribution is 6.42. The first-order valence-corrected chi connectivity index (χ1v) is 9.00. The van der Waals surface area contributed by atoms with E-state index in [0.29, 0.717) is 16.5 Å². The Morgan fingerprint density at radius 2 is 1.96 bits per heavy atom. The van der Waals surface area contributed by atoms with Crippen LogP contribution in [0.15, 0.2) is 18.2 Å². The summed E-state index contributed by atoms with van der Waals surface area (Å²) < 4.78 is 0. The largest absolute Gasteiger partial charge is 0.352 e. The molecule has 1 aliphatic rings. The van der Waals surface area contributed by atoms with Crippen molar-refractivity contribution in [1.82, 2.24) is 10.2 Å². The summed E-state index contributed by atoms with van der Waals surface area (Å²) in [5, 5.41) is 3.94. The Hall–Kier alpha value is -1.59. The average Bonchev–Trinajstić information content (AvgIpc) is 2.81. The third-order valence-electron chi connectivity index (χ3n) is 4.51. The summed E-state index contributed by atoms with van der Waals surface area (Å²) in [4.78, 5) is 37.2. The molecular weight excluding hydrogens is 363 g/mol. The Morgan fingerprint density at radius 3 is 2.48 bits per heavy atom. The Kier molecular flexibility index (Phi) is 6.47. The summed E-state index contributed by atoms with van der Waals surface area (Å²) in [6, 6.07) is 5.37. The van der Waals surface area contributed by atoms with Crippen LogP contribution in [0.4, 0.5) is 0 Å². The number of hydrogen-bond donors (Lipinski definition) is 1. The van der Waals surface area contributed by atoms with Crippen molar-refractivity contribution in [3.05, 3.63) is 33.8 Å². The van der Waals surface area contributed by atoms with Gasteiger partial charge in [-0.05, 0) is 36.5 Å². The van der Waals surface area contributed by atoms with Crippen LogP contribution in [0, 0.1) is 11.8 Å². The van der Waals surface area contributed by atoms with E-state index in [1.54, 1.807) is 6.07 Å². The molecule has 1 heterocycles. The van der Waals surface area contributed by atoms with Crippen molar-refractivity contribution in [1.29, 1.82) is 0 Å². The van der Waals surface area contributed by atoms with Gasteiger partial charge in [-0.1, -0.05) is 43.1 Å². The van der Waals surface area contributed by atoms with Crippen molar-refractivity contribution >= 4 is 40.8 Å². The van der Waals surface area contributed by atoms with Crippen molar-refractivity contribution in [2.45, 2.75) is 32.7 Å². The molecule has 1 aliphatic heterocycles. The number of likely N-dealkylation sites (N-methyl/N-ethyl adjacent to an activating group) is 1. The number of likely N-dealkylation sites (tertiary alicyclic amines) is 1. The molecule has 0 aliphatic carbocycles. The second-order valence-electron chi connectivity index (χ2n) is 6.75. The van der Waals surface area contributed by atoms with Gasteiger partial charge in [0.15, 0.2) is 0 Å². The van der Waals surface area contributed by atoms with Crippen molar-refractivity contribution in [2.24, 2.45) is 11.8 Å². The van der Waals surface area contributed by atoms with Gasteiger partial charge in [-0.3, -0.25) is 14.4 Å². The lowest BCUT2D eigenvalue weighted by Gasteiger charge is -2.24. The number of hydrogen-bond acceptors (Lipinski definition) is 3. The molecule has 5 nitrogen and oxygen atoms in total. The number of ketones is 1. The molecule has 1 saturated heterocycles. The lowest BCUT2D eigenvalue weighted by atomic mass is 9.95. The number of nitrogens with one attached hydrogen (secondary N) is 1. The Labute approximate surface area is 157 Å². The van der Waals surface area contributed by atoms with E-state index in [0.717, 1.165) is 12.0 Å². The molecule has 1 N–H and O–H groups in total. The maximum absolute atomic E-state index is 12.4. The van der Waals surface area contributed by atoms with Crippen LogP contribution >= 0.6 is 23.2 Å². The van der Waals surface area contributed by atoms with E-state index in [1.807, 2.05) is 26.0 Å². The standard InChI is InChI=1S/C18H22Cl2N2O3/c1-10(2)15(7-5-11-4-6-13(19)14(20)8-11)21-17(24)12-9-22(3)18(25)16(12)23/h4,6,8,10,12,15H,5,7,9H2,1-3H3,(H,21,24). The van der Waals surface area contributed by atoms with Gasteiger partial charge in [0.05, 0.1) is 10.0 Å². The van der Waals surface area contributed by atoms with Crippen LogP contribution in [0.2, 0.25) is 10.0 Å². The molecule has 2 atom stereocenters. The lowest BCUT2D eigenvalue weighted by Crippen LogP contribution is -2.44. The molecule has 0 aromatic heterocycles. The third kappa shape index (κ3) is 4.73. The van der Waals surface area contributed by atoms with Crippen LogP contribution in [-0.2, 0) is 20.8 Å². The molecule has 0 radical (unpaired) electrons. The van der Waals surface area contributed by atoms with Crippen LogP contribution in [0.25, 0.3) is 0 Å². The molecule has 0 spiro atoms. The number of carbonyl (C=O) groups excluding carboxylic acids is 3. The fraction of sp³-hybridized carbons (Fsp3) is 0.500. The lowest BCUT2D eigenvalue weighted by molar-refractivity contribution is -0.142. The number of Topliss-reactive ketones (excluding diaryl/α,β-unsaturated/α-hetero) is 1. The summed E-state index contributed by atoms with van der Waals surface area (Å²) in [5.41, 5.74) is 1.03. The van der Waals surface area contributed by atoms with Crippen LogP contribution in [0.1, 0.15) is 25.8 Å². The van der Waals surface area contributed by atoms with Gasteiger partial charge in [0.25, 0.3) is 5.91 Å². The third-order valence-corrected chi connectivity index (χ3v) is 5.25. The zero-order chi connectivity index (χ0) is 18.7. The van der Waals surface area contributed by atoms with Gasteiger partial charge in [-0.2, -0.15) is 0 Å². The molecule has 0 bridgehead atoms. The van der Waals surface area contributed by atoms with E-state index >= 15 is 0 Å². The molecular formula is C18H22Cl2N2O3. The van der Waals surface area contributed by atoms with E-state index < -0.39 is 17.6 Å². The minimum atomic E-state index is -0.913. The predicted octanol–water partition coefficient (Wildman–Crippen LogP) is 2.72. The minimum Gasteiger partial charge on any atom is -0.352 e. The fourth-order valence-corrected chi connectivity index (χ4v) is 3.17. The maximum atomic E-state index is 12.4. The molecule has 7 heteroatoms. The van der Waals surface area contributed by atoms with Crippen LogP contribution in [0.5, 0.6) is 0 Å². The highest BCUT2D eigenvalue weighted by Gasteiger charge is 2.41. The molecule has 1 aromatic rings. The van der Waals surface area contributed by atoms with Crippen molar-refractivity contribution in [3.63, 3.8) is 0 Å².